The molecule has 0 aliphatic carbocycles. The summed E-state index contributed by atoms with van der Waals surface area (Å²) in [7, 11) is 8.73. The standard InChI is InChI=1S/C30H48N4/c1-21(2)31(9)29(32(10)22(3)4)27-17-13-25(14-18-27)26-15-19-28(20-16-26)30(33(11)23(5)6)34(12)24(7)8/h13-24H,1-12H3/q+2. The Morgan fingerprint density at radius 3 is 1.00 bits per heavy atom. The van der Waals surface area contributed by atoms with E-state index >= 15 is 0 Å². The first-order valence-electron chi connectivity index (χ1n) is 12.7. The Morgan fingerprint density at radius 1 is 0.529 bits per heavy atom. The molecule has 2 aromatic rings. The molecule has 0 heterocycles. The van der Waals surface area contributed by atoms with Crippen molar-refractivity contribution in [1.82, 2.24) is 9.80 Å². The molecule has 0 amide bonds. The van der Waals surface area contributed by atoms with Crippen LogP contribution in [0.2, 0.25) is 0 Å². The SMILES string of the molecule is CC(C)N(C)C(c1ccc(-c2ccc(C(N(C)C(C)C)=[N+](C)C(C)C)cc2)cc1)=[N+](C)C(C)C. The van der Waals surface area contributed by atoms with E-state index in [0.717, 1.165) is 0 Å². The molecular weight excluding hydrogens is 416 g/mol. The molecule has 0 atom stereocenters. The van der Waals surface area contributed by atoms with Gasteiger partial charge in [0.15, 0.2) is 0 Å². The Kier molecular flexibility index (Phi) is 9.49. The summed E-state index contributed by atoms with van der Waals surface area (Å²) in [4.78, 5) is 4.72. The normalized spacial score (nSPS) is 13.5. The van der Waals surface area contributed by atoms with Crippen LogP contribution in [0.1, 0.15) is 66.5 Å². The Bertz CT molecular complexity index is 910. The lowest BCUT2D eigenvalue weighted by atomic mass is 10.0. The summed E-state index contributed by atoms with van der Waals surface area (Å²) in [5.74, 6) is 2.53. The number of hydrogen-bond acceptors (Lipinski definition) is 0. The number of nitrogens with zero attached hydrogens (tertiary/aromatic N) is 4. The molecule has 186 valence electrons. The van der Waals surface area contributed by atoms with Crippen LogP contribution >= 0.6 is 0 Å². The second-order valence-corrected chi connectivity index (χ2v) is 10.6. The highest BCUT2D eigenvalue weighted by molar-refractivity contribution is 5.96. The van der Waals surface area contributed by atoms with Gasteiger partial charge in [-0.2, -0.15) is 0 Å². The van der Waals surface area contributed by atoms with Crippen molar-refractivity contribution in [3.63, 3.8) is 0 Å². The van der Waals surface area contributed by atoms with Crippen molar-refractivity contribution in [3.8, 4) is 11.1 Å². The molecular formula is C30H48N4+2. The molecule has 0 N–H and O–H groups in total. The van der Waals surface area contributed by atoms with Gasteiger partial charge < -0.3 is 0 Å². The number of benzene rings is 2. The molecule has 34 heavy (non-hydrogen) atoms. The third kappa shape index (κ3) is 6.28. The van der Waals surface area contributed by atoms with Crippen molar-refractivity contribution in [2.45, 2.75) is 79.6 Å². The first-order valence-corrected chi connectivity index (χ1v) is 12.7. The van der Waals surface area contributed by atoms with E-state index in [9.17, 15) is 0 Å². The zero-order valence-corrected chi connectivity index (χ0v) is 23.7. The maximum atomic E-state index is 2.36. The maximum absolute atomic E-state index is 2.36. The van der Waals surface area contributed by atoms with Gasteiger partial charge >= 0.3 is 0 Å². The molecule has 0 unspecified atom stereocenters. The molecule has 0 bridgehead atoms. The van der Waals surface area contributed by atoms with E-state index in [1.165, 1.54) is 33.9 Å². The molecule has 0 aliphatic rings. The lowest BCUT2D eigenvalue weighted by molar-refractivity contribution is -0.534. The van der Waals surface area contributed by atoms with Crippen LogP contribution < -0.4 is 0 Å². The van der Waals surface area contributed by atoms with Gasteiger partial charge in [0.2, 0.25) is 0 Å². The lowest BCUT2D eigenvalue weighted by Crippen LogP contribution is -2.41. The summed E-state index contributed by atoms with van der Waals surface area (Å²) in [6.45, 7) is 17.9. The van der Waals surface area contributed by atoms with Crippen molar-refractivity contribution in [2.75, 3.05) is 28.2 Å². The van der Waals surface area contributed by atoms with Crippen LogP contribution in [0.4, 0.5) is 0 Å². The Hall–Kier alpha value is -2.62. The molecule has 2 aromatic carbocycles. The highest BCUT2D eigenvalue weighted by Gasteiger charge is 2.25. The maximum Gasteiger partial charge on any atom is 0.279 e. The van der Waals surface area contributed by atoms with Gasteiger partial charge in [-0.05, 0) is 90.8 Å². The van der Waals surface area contributed by atoms with E-state index in [0.29, 0.717) is 24.2 Å². The van der Waals surface area contributed by atoms with Crippen LogP contribution in [0.25, 0.3) is 11.1 Å². The minimum Gasteiger partial charge on any atom is -0.262 e. The molecule has 0 fully saturated rings. The fourth-order valence-corrected chi connectivity index (χ4v) is 3.91. The molecule has 4 nitrogen and oxygen atoms in total. The zero-order valence-electron chi connectivity index (χ0n) is 23.7. The lowest BCUT2D eigenvalue weighted by Gasteiger charge is -2.23. The third-order valence-electron chi connectivity index (χ3n) is 7.05. The van der Waals surface area contributed by atoms with Crippen LogP contribution in [-0.2, 0) is 0 Å². The molecule has 0 saturated heterocycles. The Morgan fingerprint density at radius 2 is 0.794 bits per heavy atom. The second-order valence-electron chi connectivity index (χ2n) is 10.6. The monoisotopic (exact) mass is 464 g/mol. The quantitative estimate of drug-likeness (QED) is 0.299. The first kappa shape index (κ1) is 27.6. The highest BCUT2D eigenvalue weighted by Crippen LogP contribution is 2.22. The van der Waals surface area contributed by atoms with Crippen molar-refractivity contribution in [3.05, 3.63) is 59.7 Å². The summed E-state index contributed by atoms with van der Waals surface area (Å²) in [6.07, 6.45) is 0. The summed E-state index contributed by atoms with van der Waals surface area (Å²) >= 11 is 0. The van der Waals surface area contributed by atoms with Crippen LogP contribution in [0.3, 0.4) is 0 Å². The summed E-state index contributed by atoms with van der Waals surface area (Å²) in [6, 6.07) is 19.7. The second kappa shape index (κ2) is 11.7. The number of hydrogen-bond donors (Lipinski definition) is 0. The van der Waals surface area contributed by atoms with Gasteiger partial charge in [0, 0.05) is 0 Å². The zero-order chi connectivity index (χ0) is 25.7. The fraction of sp³-hybridized carbons (Fsp3) is 0.533. The van der Waals surface area contributed by atoms with Crippen molar-refractivity contribution >= 4 is 11.7 Å². The molecule has 0 saturated carbocycles. The molecule has 4 heteroatoms. The minimum atomic E-state index is 0.432. The predicted molar refractivity (Wildman–Crippen MR) is 149 cm³/mol. The van der Waals surface area contributed by atoms with Gasteiger partial charge in [-0.1, -0.05) is 24.3 Å². The summed E-state index contributed by atoms with van der Waals surface area (Å²) in [5.41, 5.74) is 4.98. The topological polar surface area (TPSA) is 12.5 Å². The molecule has 2 rings (SSSR count). The summed E-state index contributed by atoms with van der Waals surface area (Å²) < 4.78 is 4.72. The van der Waals surface area contributed by atoms with Crippen molar-refractivity contribution < 1.29 is 9.15 Å². The van der Waals surface area contributed by atoms with Crippen molar-refractivity contribution in [2.24, 2.45) is 0 Å². The summed E-state index contributed by atoms with van der Waals surface area (Å²) in [5, 5.41) is 0. The van der Waals surface area contributed by atoms with E-state index in [1.54, 1.807) is 0 Å². The Labute approximate surface area is 209 Å². The van der Waals surface area contributed by atoms with E-state index < -0.39 is 0 Å². The average Bonchev–Trinajstić information content (AvgIpc) is 2.79. The van der Waals surface area contributed by atoms with E-state index in [2.05, 4.69) is 151 Å². The molecule has 0 spiro atoms. The minimum absolute atomic E-state index is 0.432. The van der Waals surface area contributed by atoms with Crippen molar-refractivity contribution in [1.29, 1.82) is 0 Å². The van der Waals surface area contributed by atoms with Gasteiger partial charge in [0.25, 0.3) is 11.7 Å². The fourth-order valence-electron chi connectivity index (χ4n) is 3.91. The van der Waals surface area contributed by atoms with Crippen LogP contribution in [0.15, 0.2) is 48.5 Å². The van der Waals surface area contributed by atoms with Crippen LogP contribution in [0, 0.1) is 0 Å². The molecule has 0 aliphatic heterocycles. The van der Waals surface area contributed by atoms with Gasteiger partial charge in [-0.15, -0.1) is 0 Å². The predicted octanol–water partition coefficient (Wildman–Crippen LogP) is 5.63. The van der Waals surface area contributed by atoms with Crippen LogP contribution in [-0.4, -0.2) is 83.0 Å². The number of rotatable bonds is 7. The molecule has 0 radical (unpaired) electrons. The Balaban J connectivity index is 2.44. The highest BCUT2D eigenvalue weighted by atomic mass is 15.2. The van der Waals surface area contributed by atoms with E-state index in [-0.39, 0.29) is 0 Å². The largest absolute Gasteiger partial charge is 0.279 e. The average molecular weight is 465 g/mol. The third-order valence-corrected chi connectivity index (χ3v) is 7.05. The van der Waals surface area contributed by atoms with Crippen LogP contribution in [0.5, 0.6) is 0 Å². The molecule has 0 aromatic heterocycles. The smallest absolute Gasteiger partial charge is 0.262 e. The van der Waals surface area contributed by atoms with Gasteiger partial charge in [-0.25, -0.2) is 0 Å². The van der Waals surface area contributed by atoms with Gasteiger partial charge in [0.1, 0.15) is 0 Å². The van der Waals surface area contributed by atoms with Gasteiger partial charge in [-0.3, -0.25) is 19.0 Å². The first-order chi connectivity index (χ1) is 15.9. The van der Waals surface area contributed by atoms with Gasteiger partial charge in [0.05, 0.1) is 63.5 Å². The van der Waals surface area contributed by atoms with E-state index in [4.69, 9.17) is 0 Å². The number of amidine groups is 2. The van der Waals surface area contributed by atoms with E-state index in [1.807, 2.05) is 0 Å².